The van der Waals surface area contributed by atoms with Crippen LogP contribution in [0.25, 0.3) is 0 Å². The number of piperidine rings is 1. The molecule has 0 spiro atoms. The van der Waals surface area contributed by atoms with Crippen LogP contribution in [0.1, 0.15) is 35.7 Å². The molecule has 1 aliphatic heterocycles. The Balaban J connectivity index is 1.52. The predicted octanol–water partition coefficient (Wildman–Crippen LogP) is 4.31. The lowest BCUT2D eigenvalue weighted by molar-refractivity contribution is 0.0696. The molecule has 1 saturated heterocycles. The van der Waals surface area contributed by atoms with Crippen molar-refractivity contribution < 1.29 is 4.79 Å². The molecule has 3 rings (SSSR count). The zero-order valence-electron chi connectivity index (χ0n) is 14.7. The Hall–Kier alpha value is -1.85. The van der Waals surface area contributed by atoms with Crippen LogP contribution in [0.15, 0.2) is 30.6 Å². The van der Waals surface area contributed by atoms with Crippen LogP contribution in [0.4, 0.5) is 5.95 Å². The second kappa shape index (κ2) is 8.69. The molecule has 1 fully saturated rings. The summed E-state index contributed by atoms with van der Waals surface area (Å²) >= 11 is 12.1. The third kappa shape index (κ3) is 4.86. The molecule has 1 aromatic heterocycles. The summed E-state index contributed by atoms with van der Waals surface area (Å²) in [6, 6.07) is 5.46. The maximum Gasteiger partial charge on any atom is 0.256 e. The highest BCUT2D eigenvalue weighted by atomic mass is 35.5. The van der Waals surface area contributed by atoms with Gasteiger partial charge >= 0.3 is 0 Å². The van der Waals surface area contributed by atoms with Gasteiger partial charge < -0.3 is 10.2 Å². The number of nitrogens with one attached hydrogen (secondary N) is 1. The van der Waals surface area contributed by atoms with Gasteiger partial charge in [0, 0.05) is 42.1 Å². The topological polar surface area (TPSA) is 58.1 Å². The van der Waals surface area contributed by atoms with Crippen LogP contribution in [0.3, 0.4) is 0 Å². The summed E-state index contributed by atoms with van der Waals surface area (Å²) in [5.74, 6) is 1.20. The van der Waals surface area contributed by atoms with Crippen molar-refractivity contribution in [3.8, 4) is 0 Å². The lowest BCUT2D eigenvalue weighted by atomic mass is 9.99. The van der Waals surface area contributed by atoms with Crippen LogP contribution in [0, 0.1) is 5.92 Å². The number of carbonyl (C=O) groups is 1. The number of aromatic nitrogens is 2. The van der Waals surface area contributed by atoms with Gasteiger partial charge in [-0.1, -0.05) is 36.2 Å². The van der Waals surface area contributed by atoms with Gasteiger partial charge in [-0.25, -0.2) is 9.97 Å². The third-order valence-electron chi connectivity index (χ3n) is 4.66. The Labute approximate surface area is 163 Å². The Morgan fingerprint density at radius 3 is 2.58 bits per heavy atom. The number of likely N-dealkylation sites (tertiary alicyclic amines) is 1. The fourth-order valence-corrected chi connectivity index (χ4v) is 3.46. The molecule has 1 N–H and O–H groups in total. The molecule has 7 heteroatoms. The first-order chi connectivity index (χ1) is 12.5. The first-order valence-corrected chi connectivity index (χ1v) is 9.57. The molecule has 1 aliphatic rings. The van der Waals surface area contributed by atoms with Gasteiger partial charge in [0.05, 0.1) is 5.56 Å². The minimum absolute atomic E-state index is 0.0106. The number of rotatable bonds is 5. The van der Waals surface area contributed by atoms with Gasteiger partial charge in [-0.15, -0.1) is 0 Å². The fraction of sp³-hybridized carbons (Fsp3) is 0.421. The van der Waals surface area contributed by atoms with Crippen LogP contribution < -0.4 is 5.32 Å². The quantitative estimate of drug-likeness (QED) is 0.823. The van der Waals surface area contributed by atoms with E-state index in [2.05, 4.69) is 22.2 Å². The largest absolute Gasteiger partial charge is 0.354 e. The Morgan fingerprint density at radius 1 is 1.23 bits per heavy atom. The van der Waals surface area contributed by atoms with Gasteiger partial charge in [0.2, 0.25) is 5.95 Å². The maximum absolute atomic E-state index is 12.5. The van der Waals surface area contributed by atoms with Gasteiger partial charge in [-0.3, -0.25) is 4.79 Å². The van der Waals surface area contributed by atoms with E-state index < -0.39 is 0 Å². The van der Waals surface area contributed by atoms with E-state index >= 15 is 0 Å². The zero-order valence-corrected chi connectivity index (χ0v) is 16.2. The molecule has 1 amide bonds. The predicted molar refractivity (Wildman–Crippen MR) is 105 cm³/mol. The smallest absolute Gasteiger partial charge is 0.256 e. The lowest BCUT2D eigenvalue weighted by Gasteiger charge is -2.30. The second-order valence-electron chi connectivity index (χ2n) is 6.68. The molecule has 0 aliphatic carbocycles. The minimum Gasteiger partial charge on any atom is -0.354 e. The van der Waals surface area contributed by atoms with Crippen LogP contribution in [0.2, 0.25) is 10.0 Å². The molecule has 1 aromatic carbocycles. The third-order valence-corrected chi connectivity index (χ3v) is 5.25. The average molecular weight is 393 g/mol. The minimum atomic E-state index is 0.0106. The molecule has 0 radical (unpaired) electrons. The molecule has 0 bridgehead atoms. The summed E-state index contributed by atoms with van der Waals surface area (Å²) in [4.78, 5) is 22.9. The number of benzene rings is 1. The summed E-state index contributed by atoms with van der Waals surface area (Å²) in [6.45, 7) is 4.48. The number of hydrogen-bond acceptors (Lipinski definition) is 4. The highest BCUT2D eigenvalue weighted by Gasteiger charge is 2.21. The Morgan fingerprint density at radius 2 is 1.92 bits per heavy atom. The molecule has 0 saturated carbocycles. The SMILES string of the molecule is CC1CCN(C(=O)c2cnc(NCCc3ccc(Cl)cc3Cl)nc2)CC1. The van der Waals surface area contributed by atoms with E-state index in [4.69, 9.17) is 23.2 Å². The standard InChI is InChI=1S/C19H22Cl2N4O/c1-13-5-8-25(9-6-13)18(26)15-11-23-19(24-12-15)22-7-4-14-2-3-16(20)10-17(14)21/h2-3,10-13H,4-9H2,1H3,(H,22,23,24). The monoisotopic (exact) mass is 392 g/mol. The van der Waals surface area contributed by atoms with Crippen LogP contribution in [-0.2, 0) is 6.42 Å². The van der Waals surface area contributed by atoms with E-state index in [-0.39, 0.29) is 5.91 Å². The van der Waals surface area contributed by atoms with E-state index in [1.807, 2.05) is 17.0 Å². The molecule has 0 unspecified atom stereocenters. The van der Waals surface area contributed by atoms with Gasteiger partial charge in [0.15, 0.2) is 0 Å². The molecular formula is C19H22Cl2N4O. The Bertz CT molecular complexity index is 759. The number of halogens is 2. The van der Waals surface area contributed by atoms with Crippen molar-refractivity contribution in [1.82, 2.24) is 14.9 Å². The Kier molecular flexibility index (Phi) is 6.33. The van der Waals surface area contributed by atoms with Crippen molar-refractivity contribution in [2.45, 2.75) is 26.2 Å². The van der Waals surface area contributed by atoms with Crippen molar-refractivity contribution in [2.24, 2.45) is 5.92 Å². The van der Waals surface area contributed by atoms with E-state index in [1.165, 1.54) is 0 Å². The van der Waals surface area contributed by atoms with E-state index in [1.54, 1.807) is 18.5 Å². The summed E-state index contributed by atoms with van der Waals surface area (Å²) in [6.07, 6.45) is 6.01. The van der Waals surface area contributed by atoms with Crippen molar-refractivity contribution in [1.29, 1.82) is 0 Å². The van der Waals surface area contributed by atoms with Gasteiger partial charge in [0.25, 0.3) is 5.91 Å². The molecular weight excluding hydrogens is 371 g/mol. The van der Waals surface area contributed by atoms with E-state index in [0.717, 1.165) is 37.9 Å². The number of anilines is 1. The normalized spacial score (nSPS) is 15.1. The van der Waals surface area contributed by atoms with Crippen molar-refractivity contribution in [2.75, 3.05) is 25.0 Å². The lowest BCUT2D eigenvalue weighted by Crippen LogP contribution is -2.38. The van der Waals surface area contributed by atoms with E-state index in [0.29, 0.717) is 34.0 Å². The van der Waals surface area contributed by atoms with Gasteiger partial charge in [-0.05, 0) is 42.9 Å². The van der Waals surface area contributed by atoms with Crippen molar-refractivity contribution in [3.63, 3.8) is 0 Å². The first-order valence-electron chi connectivity index (χ1n) is 8.82. The molecule has 5 nitrogen and oxygen atoms in total. The summed E-state index contributed by atoms with van der Waals surface area (Å²) < 4.78 is 0. The molecule has 0 atom stereocenters. The van der Waals surface area contributed by atoms with Gasteiger partial charge in [-0.2, -0.15) is 0 Å². The number of nitrogens with zero attached hydrogens (tertiary/aromatic N) is 3. The number of amides is 1. The van der Waals surface area contributed by atoms with Crippen LogP contribution in [-0.4, -0.2) is 40.4 Å². The molecule has 2 heterocycles. The van der Waals surface area contributed by atoms with Crippen LogP contribution in [0.5, 0.6) is 0 Å². The van der Waals surface area contributed by atoms with Crippen molar-refractivity contribution in [3.05, 3.63) is 51.8 Å². The van der Waals surface area contributed by atoms with Gasteiger partial charge in [0.1, 0.15) is 0 Å². The molecule has 2 aromatic rings. The number of hydrogen-bond donors (Lipinski definition) is 1. The first kappa shape index (κ1) is 18.9. The van der Waals surface area contributed by atoms with Crippen molar-refractivity contribution >= 4 is 35.1 Å². The fourth-order valence-electron chi connectivity index (χ4n) is 2.96. The van der Waals surface area contributed by atoms with E-state index in [9.17, 15) is 4.79 Å². The maximum atomic E-state index is 12.5. The summed E-state index contributed by atoms with van der Waals surface area (Å²) in [7, 11) is 0. The molecule has 26 heavy (non-hydrogen) atoms. The molecule has 138 valence electrons. The highest BCUT2D eigenvalue weighted by Crippen LogP contribution is 2.21. The summed E-state index contributed by atoms with van der Waals surface area (Å²) in [5.41, 5.74) is 1.54. The highest BCUT2D eigenvalue weighted by molar-refractivity contribution is 6.35. The number of carbonyl (C=O) groups excluding carboxylic acids is 1. The summed E-state index contributed by atoms with van der Waals surface area (Å²) in [5, 5.41) is 4.42. The average Bonchev–Trinajstić information content (AvgIpc) is 2.64. The second-order valence-corrected chi connectivity index (χ2v) is 7.53. The zero-order chi connectivity index (χ0) is 18.5. The van der Waals surface area contributed by atoms with Crippen LogP contribution >= 0.6 is 23.2 Å².